The lowest BCUT2D eigenvalue weighted by Crippen LogP contribution is -2.41. The van der Waals surface area contributed by atoms with Crippen molar-refractivity contribution in [1.29, 1.82) is 0 Å². The van der Waals surface area contributed by atoms with Crippen LogP contribution >= 0.6 is 0 Å². The van der Waals surface area contributed by atoms with Crippen LogP contribution in [0.3, 0.4) is 0 Å². The molecule has 3 rings (SSSR count). The van der Waals surface area contributed by atoms with E-state index in [0.717, 1.165) is 6.42 Å². The number of phenols is 1. The zero-order chi connectivity index (χ0) is 12.5. The van der Waals surface area contributed by atoms with Gasteiger partial charge in [-0.3, -0.25) is 4.90 Å². The highest BCUT2D eigenvalue weighted by Gasteiger charge is 2.31. The molecule has 0 radical (unpaired) electrons. The molecule has 1 heterocycles. The zero-order valence-electron chi connectivity index (χ0n) is 11.2. The quantitative estimate of drug-likeness (QED) is 0.816. The largest absolute Gasteiger partial charge is 0.508 e. The van der Waals surface area contributed by atoms with Crippen molar-refractivity contribution in [3.63, 3.8) is 0 Å². The average Bonchev–Trinajstić information content (AvgIpc) is 2.40. The van der Waals surface area contributed by atoms with E-state index in [1.165, 1.54) is 49.8 Å². The summed E-state index contributed by atoms with van der Waals surface area (Å²) in [4.78, 5) is 2.67. The average molecular weight is 245 g/mol. The molecule has 0 spiro atoms. The van der Waals surface area contributed by atoms with Gasteiger partial charge >= 0.3 is 0 Å². The Morgan fingerprint density at radius 3 is 2.89 bits per heavy atom. The summed E-state index contributed by atoms with van der Waals surface area (Å²) in [6.07, 6.45) is 7.52. The molecule has 1 aromatic rings. The summed E-state index contributed by atoms with van der Waals surface area (Å²) in [5.41, 5.74) is 2.58. The number of benzene rings is 1. The third-order valence-corrected chi connectivity index (χ3v) is 4.71. The van der Waals surface area contributed by atoms with E-state index < -0.39 is 0 Å². The van der Waals surface area contributed by atoms with Gasteiger partial charge in [-0.1, -0.05) is 18.6 Å². The molecule has 2 nitrogen and oxygen atoms in total. The molecule has 1 N–H and O–H groups in total. The van der Waals surface area contributed by atoms with Crippen molar-refractivity contribution in [1.82, 2.24) is 4.90 Å². The number of rotatable bonds is 1. The highest BCUT2D eigenvalue weighted by Crippen LogP contribution is 2.40. The second-order valence-electron chi connectivity index (χ2n) is 5.84. The van der Waals surface area contributed by atoms with Gasteiger partial charge in [-0.15, -0.1) is 0 Å². The Labute approximate surface area is 110 Å². The summed E-state index contributed by atoms with van der Waals surface area (Å²) in [6.45, 7) is 3.58. The highest BCUT2D eigenvalue weighted by atomic mass is 16.3. The van der Waals surface area contributed by atoms with Crippen molar-refractivity contribution < 1.29 is 5.11 Å². The van der Waals surface area contributed by atoms with Crippen LogP contribution in [0.2, 0.25) is 0 Å². The Bertz CT molecular complexity index is 429. The number of aromatic hydroxyl groups is 1. The van der Waals surface area contributed by atoms with Crippen LogP contribution in [0.5, 0.6) is 5.75 Å². The van der Waals surface area contributed by atoms with Crippen molar-refractivity contribution in [2.24, 2.45) is 0 Å². The van der Waals surface area contributed by atoms with Crippen LogP contribution in [0.15, 0.2) is 18.2 Å². The van der Waals surface area contributed by atoms with Crippen LogP contribution in [0, 0.1) is 0 Å². The Morgan fingerprint density at radius 2 is 2.06 bits per heavy atom. The van der Waals surface area contributed by atoms with Gasteiger partial charge in [-0.25, -0.2) is 0 Å². The number of hydrogen-bond donors (Lipinski definition) is 1. The van der Waals surface area contributed by atoms with E-state index in [2.05, 4.69) is 17.9 Å². The molecule has 2 heteroatoms. The molecule has 2 unspecified atom stereocenters. The molecule has 18 heavy (non-hydrogen) atoms. The van der Waals surface area contributed by atoms with Crippen molar-refractivity contribution in [2.75, 3.05) is 6.54 Å². The third kappa shape index (κ3) is 2.03. The Balaban J connectivity index is 1.93. The van der Waals surface area contributed by atoms with Gasteiger partial charge < -0.3 is 5.11 Å². The van der Waals surface area contributed by atoms with Gasteiger partial charge in [0.1, 0.15) is 5.75 Å². The molecule has 0 saturated carbocycles. The molecule has 1 fully saturated rings. The molecule has 98 valence electrons. The van der Waals surface area contributed by atoms with Crippen LogP contribution < -0.4 is 0 Å². The first-order valence-electron chi connectivity index (χ1n) is 7.34. The molecular formula is C16H23NO. The van der Waals surface area contributed by atoms with Crippen LogP contribution in [0.1, 0.15) is 56.2 Å². The van der Waals surface area contributed by atoms with E-state index in [-0.39, 0.29) is 0 Å². The monoisotopic (exact) mass is 245 g/mol. The Hall–Kier alpha value is -1.02. The predicted octanol–water partition coefficient (Wildman–Crippen LogP) is 3.64. The molecule has 1 aliphatic carbocycles. The van der Waals surface area contributed by atoms with Crippen molar-refractivity contribution in [3.05, 3.63) is 29.3 Å². The lowest BCUT2D eigenvalue weighted by molar-refractivity contribution is 0.0938. The molecule has 0 aromatic heterocycles. The number of hydrogen-bond acceptors (Lipinski definition) is 2. The second kappa shape index (κ2) is 4.93. The van der Waals surface area contributed by atoms with Crippen molar-refractivity contribution in [3.8, 4) is 5.75 Å². The van der Waals surface area contributed by atoms with Crippen molar-refractivity contribution >= 4 is 0 Å². The number of likely N-dealkylation sites (tertiary alicyclic amines) is 1. The Morgan fingerprint density at radius 1 is 1.17 bits per heavy atom. The maximum absolute atomic E-state index is 10.0. The molecule has 0 bridgehead atoms. The second-order valence-corrected chi connectivity index (χ2v) is 5.84. The molecule has 2 aliphatic rings. The first kappa shape index (κ1) is 12.0. The summed E-state index contributed by atoms with van der Waals surface area (Å²) in [5.74, 6) is 0.502. The van der Waals surface area contributed by atoms with Gasteiger partial charge in [0.15, 0.2) is 0 Å². The van der Waals surface area contributed by atoms with Crippen LogP contribution in [-0.2, 0) is 6.42 Å². The van der Waals surface area contributed by atoms with E-state index in [1.807, 2.05) is 12.1 Å². The van der Waals surface area contributed by atoms with Gasteiger partial charge in [0, 0.05) is 12.1 Å². The lowest BCUT2D eigenvalue weighted by atomic mass is 9.84. The van der Waals surface area contributed by atoms with Gasteiger partial charge in [-0.2, -0.15) is 0 Å². The van der Waals surface area contributed by atoms with Gasteiger partial charge in [0.05, 0.1) is 0 Å². The summed E-state index contributed by atoms with van der Waals surface area (Å²) in [7, 11) is 0. The minimum absolute atomic E-state index is 0.502. The van der Waals surface area contributed by atoms with E-state index >= 15 is 0 Å². The van der Waals surface area contributed by atoms with E-state index in [1.54, 1.807) is 0 Å². The number of phenolic OH excluding ortho intramolecular Hbond substituents is 1. The Kier molecular flexibility index (Phi) is 3.29. The molecule has 2 atom stereocenters. The predicted molar refractivity (Wildman–Crippen MR) is 73.8 cm³/mol. The first-order valence-corrected chi connectivity index (χ1v) is 7.34. The number of fused-ring (bicyclic) bond motifs is 1. The highest BCUT2D eigenvalue weighted by molar-refractivity contribution is 5.42. The fourth-order valence-corrected chi connectivity index (χ4v) is 3.73. The smallest absolute Gasteiger partial charge is 0.119 e. The number of nitrogens with zero attached hydrogens (tertiary/aromatic N) is 1. The van der Waals surface area contributed by atoms with Gasteiger partial charge in [0.25, 0.3) is 0 Å². The standard InChI is InChI=1S/C16H23NO/c1-12-6-2-3-11-17(12)15-9-4-8-14-13(15)7-5-10-16(14)18/h5,7,10,12,15,18H,2-4,6,8-9,11H2,1H3. The summed E-state index contributed by atoms with van der Waals surface area (Å²) < 4.78 is 0. The van der Waals surface area contributed by atoms with Crippen LogP contribution in [0.4, 0.5) is 0 Å². The van der Waals surface area contributed by atoms with E-state index in [9.17, 15) is 5.11 Å². The fraction of sp³-hybridized carbons (Fsp3) is 0.625. The summed E-state index contributed by atoms with van der Waals surface area (Å²) >= 11 is 0. The first-order chi connectivity index (χ1) is 8.77. The molecule has 1 saturated heterocycles. The van der Waals surface area contributed by atoms with Gasteiger partial charge in [0.2, 0.25) is 0 Å². The summed E-state index contributed by atoms with van der Waals surface area (Å²) in [5, 5.41) is 10.0. The lowest BCUT2D eigenvalue weighted by Gasteiger charge is -2.42. The van der Waals surface area contributed by atoms with Crippen LogP contribution in [0.25, 0.3) is 0 Å². The van der Waals surface area contributed by atoms with Crippen molar-refractivity contribution in [2.45, 2.75) is 57.5 Å². The minimum atomic E-state index is 0.502. The minimum Gasteiger partial charge on any atom is -0.508 e. The normalized spacial score (nSPS) is 28.9. The SMILES string of the molecule is CC1CCCCN1C1CCCc2c(O)cccc21. The maximum atomic E-state index is 10.0. The summed E-state index contributed by atoms with van der Waals surface area (Å²) in [6, 6.07) is 7.29. The molecular weight excluding hydrogens is 222 g/mol. The van der Waals surface area contributed by atoms with Gasteiger partial charge in [-0.05, 0) is 62.8 Å². The molecule has 1 aliphatic heterocycles. The zero-order valence-corrected chi connectivity index (χ0v) is 11.2. The molecule has 0 amide bonds. The van der Waals surface area contributed by atoms with E-state index in [0.29, 0.717) is 17.8 Å². The van der Waals surface area contributed by atoms with Crippen LogP contribution in [-0.4, -0.2) is 22.6 Å². The molecule has 1 aromatic carbocycles. The topological polar surface area (TPSA) is 23.5 Å². The fourth-order valence-electron chi connectivity index (χ4n) is 3.73. The maximum Gasteiger partial charge on any atom is 0.119 e. The third-order valence-electron chi connectivity index (χ3n) is 4.71. The number of piperidine rings is 1. The van der Waals surface area contributed by atoms with E-state index in [4.69, 9.17) is 0 Å².